The van der Waals surface area contributed by atoms with Crippen LogP contribution in [0.1, 0.15) is 60.8 Å². The number of ether oxygens (including phenoxy) is 1. The molecule has 0 aliphatic rings. The molecule has 0 aliphatic carbocycles. The Labute approximate surface area is 121 Å². The first-order valence-corrected chi connectivity index (χ1v) is 8.16. The highest BCUT2D eigenvalue weighted by molar-refractivity contribution is 4.95. The highest BCUT2D eigenvalue weighted by Gasteiger charge is 2.36. The summed E-state index contributed by atoms with van der Waals surface area (Å²) in [5.41, 5.74) is 0.173. The summed E-state index contributed by atoms with van der Waals surface area (Å²) < 4.78 is 5.84. The molecule has 0 aromatic carbocycles. The molecule has 0 spiro atoms. The molecule has 0 amide bonds. The third-order valence-corrected chi connectivity index (χ3v) is 4.23. The van der Waals surface area contributed by atoms with E-state index in [4.69, 9.17) is 4.74 Å². The van der Waals surface area contributed by atoms with Gasteiger partial charge in [0.05, 0.1) is 6.61 Å². The third kappa shape index (κ3) is 5.80. The van der Waals surface area contributed by atoms with Gasteiger partial charge in [0.2, 0.25) is 0 Å². The lowest BCUT2D eigenvalue weighted by molar-refractivity contribution is 0.0174. The van der Waals surface area contributed by atoms with Gasteiger partial charge in [0, 0.05) is 18.2 Å². The van der Waals surface area contributed by atoms with Crippen molar-refractivity contribution in [2.24, 2.45) is 0 Å². The maximum atomic E-state index is 5.84. The van der Waals surface area contributed by atoms with Crippen LogP contribution in [0, 0.1) is 0 Å². The molecule has 0 radical (unpaired) electrons. The van der Waals surface area contributed by atoms with Gasteiger partial charge in [-0.3, -0.25) is 4.90 Å². The zero-order valence-corrected chi connectivity index (χ0v) is 14.1. The molecule has 0 saturated carbocycles. The molecule has 0 aliphatic heterocycles. The van der Waals surface area contributed by atoms with Crippen molar-refractivity contribution in [3.63, 3.8) is 0 Å². The first kappa shape index (κ1) is 18.9. The molecule has 3 nitrogen and oxygen atoms in total. The van der Waals surface area contributed by atoms with Gasteiger partial charge in [0.1, 0.15) is 0 Å². The molecule has 3 heteroatoms. The molecule has 116 valence electrons. The molecule has 0 rings (SSSR count). The van der Waals surface area contributed by atoms with Crippen LogP contribution in [0.2, 0.25) is 0 Å². The molecule has 0 bridgehead atoms. The maximum Gasteiger partial charge on any atom is 0.0637 e. The van der Waals surface area contributed by atoms with Gasteiger partial charge in [0.25, 0.3) is 0 Å². The van der Waals surface area contributed by atoms with E-state index in [1.54, 1.807) is 0 Å². The van der Waals surface area contributed by atoms with Gasteiger partial charge in [-0.05, 0) is 45.8 Å². The van der Waals surface area contributed by atoms with Crippen molar-refractivity contribution < 1.29 is 4.74 Å². The van der Waals surface area contributed by atoms with Gasteiger partial charge >= 0.3 is 0 Å². The van der Waals surface area contributed by atoms with E-state index in [2.05, 4.69) is 51.8 Å². The summed E-state index contributed by atoms with van der Waals surface area (Å²) in [6.45, 7) is 18.5. The largest absolute Gasteiger partial charge is 0.380 e. The van der Waals surface area contributed by atoms with Gasteiger partial charge in [-0.15, -0.1) is 0 Å². The quantitative estimate of drug-likeness (QED) is 0.552. The number of nitrogens with zero attached hydrogens (tertiary/aromatic N) is 1. The number of hydrogen-bond acceptors (Lipinski definition) is 3. The highest BCUT2D eigenvalue weighted by atomic mass is 16.5. The van der Waals surface area contributed by atoms with Crippen LogP contribution in [0.25, 0.3) is 0 Å². The standard InChI is InChI=1S/C16H36N2O/c1-7-12-17-15(14-19-13-8-2)16(6,9-3)18(10-4)11-5/h15,17H,7-14H2,1-6H3. The maximum absolute atomic E-state index is 5.84. The zero-order valence-electron chi connectivity index (χ0n) is 14.1. The molecule has 0 aromatic heterocycles. The summed E-state index contributed by atoms with van der Waals surface area (Å²) in [6.07, 6.45) is 3.41. The molecular weight excluding hydrogens is 236 g/mol. The van der Waals surface area contributed by atoms with Crippen molar-refractivity contribution in [2.75, 3.05) is 32.8 Å². The lowest BCUT2D eigenvalue weighted by Gasteiger charge is -2.46. The van der Waals surface area contributed by atoms with Crippen molar-refractivity contribution in [3.05, 3.63) is 0 Å². The van der Waals surface area contributed by atoms with E-state index < -0.39 is 0 Å². The van der Waals surface area contributed by atoms with Crippen LogP contribution in [-0.2, 0) is 4.74 Å². The molecule has 19 heavy (non-hydrogen) atoms. The van der Waals surface area contributed by atoms with Crippen molar-refractivity contribution >= 4 is 0 Å². The first-order valence-electron chi connectivity index (χ1n) is 8.16. The van der Waals surface area contributed by atoms with Crippen LogP contribution >= 0.6 is 0 Å². The number of nitrogens with one attached hydrogen (secondary N) is 1. The van der Waals surface area contributed by atoms with Crippen molar-refractivity contribution in [1.82, 2.24) is 10.2 Å². The van der Waals surface area contributed by atoms with Crippen LogP contribution < -0.4 is 5.32 Å². The summed E-state index contributed by atoms with van der Waals surface area (Å²) in [5.74, 6) is 0. The zero-order chi connectivity index (χ0) is 14.7. The first-order chi connectivity index (χ1) is 9.10. The van der Waals surface area contributed by atoms with Crippen LogP contribution in [0.5, 0.6) is 0 Å². The van der Waals surface area contributed by atoms with Gasteiger partial charge in [-0.25, -0.2) is 0 Å². The molecule has 1 N–H and O–H groups in total. The fourth-order valence-electron chi connectivity index (χ4n) is 2.76. The molecular formula is C16H36N2O. The van der Waals surface area contributed by atoms with E-state index in [-0.39, 0.29) is 5.54 Å². The molecule has 0 fully saturated rings. The van der Waals surface area contributed by atoms with E-state index >= 15 is 0 Å². The fraction of sp³-hybridized carbons (Fsp3) is 1.00. The van der Waals surface area contributed by atoms with E-state index in [9.17, 15) is 0 Å². The Kier molecular flexibility index (Phi) is 10.6. The molecule has 0 saturated heterocycles. The van der Waals surface area contributed by atoms with E-state index in [0.29, 0.717) is 6.04 Å². The summed E-state index contributed by atoms with van der Waals surface area (Å²) in [7, 11) is 0. The smallest absolute Gasteiger partial charge is 0.0637 e. The Bertz CT molecular complexity index is 207. The second-order valence-corrected chi connectivity index (χ2v) is 5.46. The predicted molar refractivity (Wildman–Crippen MR) is 84.8 cm³/mol. The monoisotopic (exact) mass is 272 g/mol. The summed E-state index contributed by atoms with van der Waals surface area (Å²) in [4.78, 5) is 2.57. The number of likely N-dealkylation sites (N-methyl/N-ethyl adjacent to an activating group) is 1. The van der Waals surface area contributed by atoms with Crippen LogP contribution in [0.4, 0.5) is 0 Å². The molecule has 2 unspecified atom stereocenters. The summed E-state index contributed by atoms with van der Waals surface area (Å²) in [5, 5.41) is 3.70. The van der Waals surface area contributed by atoms with Crippen LogP contribution in [-0.4, -0.2) is 49.3 Å². The van der Waals surface area contributed by atoms with Crippen LogP contribution in [0.3, 0.4) is 0 Å². The average Bonchev–Trinajstić information content (AvgIpc) is 2.43. The fourth-order valence-corrected chi connectivity index (χ4v) is 2.76. The predicted octanol–water partition coefficient (Wildman–Crippen LogP) is 3.29. The topological polar surface area (TPSA) is 24.5 Å². The lowest BCUT2D eigenvalue weighted by Crippen LogP contribution is -2.61. The van der Waals surface area contributed by atoms with Gasteiger partial charge in [-0.2, -0.15) is 0 Å². The Morgan fingerprint density at radius 2 is 1.68 bits per heavy atom. The Morgan fingerprint density at radius 1 is 1.05 bits per heavy atom. The van der Waals surface area contributed by atoms with Crippen molar-refractivity contribution in [2.45, 2.75) is 72.4 Å². The SMILES string of the molecule is CCCNC(COCCC)C(C)(CC)N(CC)CC. The molecule has 2 atom stereocenters. The second kappa shape index (κ2) is 10.6. The molecule has 0 heterocycles. The number of rotatable bonds is 12. The number of hydrogen-bond donors (Lipinski definition) is 1. The minimum atomic E-state index is 0.173. The van der Waals surface area contributed by atoms with E-state index in [1.165, 1.54) is 6.42 Å². The second-order valence-electron chi connectivity index (χ2n) is 5.46. The Hall–Kier alpha value is -0.120. The Balaban J connectivity index is 4.80. The summed E-state index contributed by atoms with van der Waals surface area (Å²) in [6, 6.07) is 0.406. The average molecular weight is 272 g/mol. The third-order valence-electron chi connectivity index (χ3n) is 4.23. The van der Waals surface area contributed by atoms with Crippen molar-refractivity contribution in [3.8, 4) is 0 Å². The van der Waals surface area contributed by atoms with Gasteiger partial charge in [0.15, 0.2) is 0 Å². The summed E-state index contributed by atoms with van der Waals surface area (Å²) >= 11 is 0. The normalized spacial score (nSPS) is 16.6. The van der Waals surface area contributed by atoms with Crippen molar-refractivity contribution in [1.29, 1.82) is 0 Å². The lowest BCUT2D eigenvalue weighted by atomic mass is 9.87. The highest BCUT2D eigenvalue weighted by Crippen LogP contribution is 2.24. The van der Waals surface area contributed by atoms with Crippen LogP contribution in [0.15, 0.2) is 0 Å². The Morgan fingerprint density at radius 3 is 2.11 bits per heavy atom. The van der Waals surface area contributed by atoms with Gasteiger partial charge < -0.3 is 10.1 Å². The minimum absolute atomic E-state index is 0.173. The molecule has 0 aromatic rings. The minimum Gasteiger partial charge on any atom is -0.380 e. The van der Waals surface area contributed by atoms with Gasteiger partial charge in [-0.1, -0.05) is 34.6 Å². The van der Waals surface area contributed by atoms with E-state index in [0.717, 1.165) is 45.7 Å². The van der Waals surface area contributed by atoms with E-state index in [1.807, 2.05) is 0 Å².